The number of allylic oxidation sites excluding steroid dienone is 1. The average Bonchev–Trinajstić information content (AvgIpc) is 2.98. The second-order valence-corrected chi connectivity index (χ2v) is 5.93. The van der Waals surface area contributed by atoms with Crippen LogP contribution in [0.3, 0.4) is 0 Å². The number of para-hydroxylation sites is 2. The van der Waals surface area contributed by atoms with Gasteiger partial charge in [0.2, 0.25) is 0 Å². The van der Waals surface area contributed by atoms with E-state index in [4.69, 9.17) is 4.98 Å². The maximum atomic E-state index is 11.6. The third-order valence-electron chi connectivity index (χ3n) is 4.67. The summed E-state index contributed by atoms with van der Waals surface area (Å²) in [5.41, 5.74) is 4.84. The van der Waals surface area contributed by atoms with E-state index in [-0.39, 0.29) is 0 Å². The molecule has 0 radical (unpaired) electrons. The fraction of sp³-hybridized carbons (Fsp3) is 0.0526. The Bertz CT molecular complexity index is 1090. The van der Waals surface area contributed by atoms with Crippen LogP contribution in [-0.2, 0) is 6.42 Å². The third kappa shape index (κ3) is 1.48. The maximum absolute atomic E-state index is 11.6. The normalized spacial score (nSPS) is 14.7. The molecule has 0 unspecified atom stereocenters. The van der Waals surface area contributed by atoms with Gasteiger partial charge in [0.1, 0.15) is 11.6 Å². The van der Waals surface area contributed by atoms with Crippen LogP contribution in [0.25, 0.3) is 28.2 Å². The molecule has 0 fully saturated rings. The smallest absolute Gasteiger partial charge is 0.336 e. The first-order valence-electron chi connectivity index (χ1n) is 7.69. The summed E-state index contributed by atoms with van der Waals surface area (Å²) in [4.78, 5) is 18.3. The van der Waals surface area contributed by atoms with Gasteiger partial charge in [-0.05, 0) is 36.2 Å². The SMILES string of the molecule is C=C1N2C=CCc3c(C(=O)O)ccc(c32)-c2nc3ccccc3n21. The van der Waals surface area contributed by atoms with E-state index in [0.29, 0.717) is 12.0 Å². The number of anilines is 1. The number of imidazole rings is 1. The molecule has 0 amide bonds. The minimum Gasteiger partial charge on any atom is -0.478 e. The first-order valence-corrected chi connectivity index (χ1v) is 7.69. The van der Waals surface area contributed by atoms with E-state index < -0.39 is 5.97 Å². The van der Waals surface area contributed by atoms with Gasteiger partial charge in [-0.3, -0.25) is 4.57 Å². The number of fused-ring (bicyclic) bond motifs is 4. The van der Waals surface area contributed by atoms with Crippen molar-refractivity contribution in [1.29, 1.82) is 0 Å². The fourth-order valence-electron chi connectivity index (χ4n) is 3.64. The molecule has 24 heavy (non-hydrogen) atoms. The number of rotatable bonds is 1. The first kappa shape index (κ1) is 13.1. The molecule has 116 valence electrons. The summed E-state index contributed by atoms with van der Waals surface area (Å²) in [6.07, 6.45) is 4.51. The number of carboxylic acids is 1. The number of carbonyl (C=O) groups is 1. The van der Waals surface area contributed by atoms with Crippen LogP contribution in [0.5, 0.6) is 0 Å². The Morgan fingerprint density at radius 3 is 2.88 bits per heavy atom. The topological polar surface area (TPSA) is 58.4 Å². The zero-order valence-electron chi connectivity index (χ0n) is 12.7. The zero-order chi connectivity index (χ0) is 16.4. The van der Waals surface area contributed by atoms with Gasteiger partial charge in [0.05, 0.1) is 22.3 Å². The van der Waals surface area contributed by atoms with E-state index in [2.05, 4.69) is 6.58 Å². The molecular formula is C19H13N3O2. The Hall–Kier alpha value is -3.34. The van der Waals surface area contributed by atoms with E-state index in [1.54, 1.807) is 6.07 Å². The van der Waals surface area contributed by atoms with Gasteiger partial charge in [0, 0.05) is 11.8 Å². The van der Waals surface area contributed by atoms with Crippen molar-refractivity contribution in [3.63, 3.8) is 0 Å². The number of nitrogens with zero attached hydrogens (tertiary/aromatic N) is 3. The molecule has 0 spiro atoms. The van der Waals surface area contributed by atoms with Crippen molar-refractivity contribution < 1.29 is 9.90 Å². The van der Waals surface area contributed by atoms with E-state index >= 15 is 0 Å². The molecule has 3 heterocycles. The van der Waals surface area contributed by atoms with Gasteiger partial charge < -0.3 is 10.0 Å². The Morgan fingerprint density at radius 1 is 1.21 bits per heavy atom. The number of hydrogen-bond acceptors (Lipinski definition) is 3. The summed E-state index contributed by atoms with van der Waals surface area (Å²) in [5, 5.41) is 9.50. The summed E-state index contributed by atoms with van der Waals surface area (Å²) < 4.78 is 2.03. The van der Waals surface area contributed by atoms with Crippen molar-refractivity contribution in [2.24, 2.45) is 0 Å². The lowest BCUT2D eigenvalue weighted by Gasteiger charge is -2.35. The highest BCUT2D eigenvalue weighted by molar-refractivity contribution is 6.01. The van der Waals surface area contributed by atoms with Crippen molar-refractivity contribution in [2.45, 2.75) is 6.42 Å². The lowest BCUT2D eigenvalue weighted by molar-refractivity contribution is 0.0696. The number of benzene rings is 2. The Labute approximate surface area is 137 Å². The van der Waals surface area contributed by atoms with E-state index in [0.717, 1.165) is 39.5 Å². The molecule has 2 aliphatic heterocycles. The van der Waals surface area contributed by atoms with Gasteiger partial charge >= 0.3 is 5.97 Å². The van der Waals surface area contributed by atoms with Gasteiger partial charge in [0.15, 0.2) is 0 Å². The molecule has 5 nitrogen and oxygen atoms in total. The lowest BCUT2D eigenvalue weighted by atomic mass is 9.93. The van der Waals surface area contributed by atoms with Crippen molar-refractivity contribution in [1.82, 2.24) is 9.55 Å². The van der Waals surface area contributed by atoms with Crippen LogP contribution >= 0.6 is 0 Å². The van der Waals surface area contributed by atoms with Gasteiger partial charge in [-0.1, -0.05) is 24.8 Å². The molecular weight excluding hydrogens is 302 g/mol. The number of aromatic carboxylic acids is 1. The van der Waals surface area contributed by atoms with Crippen molar-refractivity contribution in [2.75, 3.05) is 4.90 Å². The highest BCUT2D eigenvalue weighted by Gasteiger charge is 2.32. The Kier molecular flexibility index (Phi) is 2.38. The molecule has 0 aliphatic carbocycles. The number of aromatic nitrogens is 2. The van der Waals surface area contributed by atoms with Gasteiger partial charge in [-0.25, -0.2) is 9.78 Å². The molecule has 2 aliphatic rings. The largest absolute Gasteiger partial charge is 0.478 e. The minimum absolute atomic E-state index is 0.334. The van der Waals surface area contributed by atoms with E-state index in [9.17, 15) is 9.90 Å². The van der Waals surface area contributed by atoms with Crippen LogP contribution in [0.2, 0.25) is 0 Å². The molecule has 5 heteroatoms. The van der Waals surface area contributed by atoms with Gasteiger partial charge in [-0.2, -0.15) is 0 Å². The van der Waals surface area contributed by atoms with Crippen molar-refractivity contribution >= 4 is 28.5 Å². The van der Waals surface area contributed by atoms with Crippen LogP contribution in [0, 0.1) is 0 Å². The first-order chi connectivity index (χ1) is 11.7. The molecule has 2 aromatic carbocycles. The molecule has 0 saturated carbocycles. The maximum Gasteiger partial charge on any atom is 0.336 e. The molecule has 5 rings (SSSR count). The molecule has 0 atom stereocenters. The number of carboxylic acid groups (broad SMARTS) is 1. The molecule has 1 aromatic heterocycles. The third-order valence-corrected chi connectivity index (χ3v) is 4.67. The zero-order valence-corrected chi connectivity index (χ0v) is 12.7. The predicted molar refractivity (Wildman–Crippen MR) is 92.8 cm³/mol. The van der Waals surface area contributed by atoms with Crippen molar-refractivity contribution in [3.8, 4) is 11.4 Å². The summed E-state index contributed by atoms with van der Waals surface area (Å²) in [6.45, 7) is 4.23. The highest BCUT2D eigenvalue weighted by atomic mass is 16.4. The summed E-state index contributed by atoms with van der Waals surface area (Å²) in [6, 6.07) is 11.4. The van der Waals surface area contributed by atoms with Crippen LogP contribution < -0.4 is 4.90 Å². The van der Waals surface area contributed by atoms with E-state index in [1.807, 2.05) is 52.1 Å². The summed E-state index contributed by atoms with van der Waals surface area (Å²) in [5.74, 6) is 0.652. The second kappa shape index (κ2) is 4.35. The summed E-state index contributed by atoms with van der Waals surface area (Å²) >= 11 is 0. The standard InChI is InChI=1S/C19H13N3O2/c1-11-21-10-4-5-12-13(19(23)24)8-9-14(17(12)21)18-20-15-6-2-3-7-16(15)22(11)18/h2-4,6-10H,1,5H2,(H,23,24). The van der Waals surface area contributed by atoms with Crippen LogP contribution in [0.1, 0.15) is 15.9 Å². The quantitative estimate of drug-likeness (QED) is 0.743. The minimum atomic E-state index is -0.910. The number of hydrogen-bond donors (Lipinski definition) is 1. The van der Waals surface area contributed by atoms with Crippen LogP contribution in [0.15, 0.2) is 55.3 Å². The monoisotopic (exact) mass is 315 g/mol. The molecule has 0 bridgehead atoms. The second-order valence-electron chi connectivity index (χ2n) is 5.93. The molecule has 0 saturated heterocycles. The summed E-state index contributed by atoms with van der Waals surface area (Å²) in [7, 11) is 0. The van der Waals surface area contributed by atoms with Gasteiger partial charge in [-0.15, -0.1) is 0 Å². The fourth-order valence-corrected chi connectivity index (χ4v) is 3.64. The predicted octanol–water partition coefficient (Wildman–Crippen LogP) is 3.72. The van der Waals surface area contributed by atoms with Crippen LogP contribution in [0.4, 0.5) is 5.69 Å². The van der Waals surface area contributed by atoms with E-state index in [1.165, 1.54) is 0 Å². The van der Waals surface area contributed by atoms with Crippen LogP contribution in [-0.4, -0.2) is 20.6 Å². The Morgan fingerprint density at radius 2 is 2.04 bits per heavy atom. The van der Waals surface area contributed by atoms with Crippen molar-refractivity contribution in [3.05, 3.63) is 66.4 Å². The van der Waals surface area contributed by atoms with Gasteiger partial charge in [0.25, 0.3) is 0 Å². The lowest BCUT2D eigenvalue weighted by Crippen LogP contribution is -2.27. The average molecular weight is 315 g/mol. The highest BCUT2D eigenvalue weighted by Crippen LogP contribution is 2.46. The Balaban J connectivity index is 1.92. The molecule has 3 aromatic rings. The molecule has 1 N–H and O–H groups in total.